The molecule has 4 nitrogen and oxygen atoms in total. The number of unbranched alkanes of at least 4 members (excludes halogenated alkanes) is 34. The van der Waals surface area contributed by atoms with E-state index >= 15 is 0 Å². The van der Waals surface area contributed by atoms with Crippen LogP contribution in [0.2, 0.25) is 0 Å². The Labute approximate surface area is 319 Å². The molecule has 0 bridgehead atoms. The van der Waals surface area contributed by atoms with Gasteiger partial charge < -0.3 is 0 Å². The maximum atomic E-state index is 11.8. The first-order chi connectivity index (χ1) is 24.2. The summed E-state index contributed by atoms with van der Waals surface area (Å²) in [6.45, 7) is 4.56. The van der Waals surface area contributed by atoms with Crippen LogP contribution in [0.15, 0.2) is 0 Å². The predicted molar refractivity (Wildman–Crippen MR) is 211 cm³/mol. The van der Waals surface area contributed by atoms with E-state index in [0.29, 0.717) is 12.8 Å². The molecule has 0 amide bonds. The summed E-state index contributed by atoms with van der Waals surface area (Å²) >= 11 is -2.25. The van der Waals surface area contributed by atoms with Gasteiger partial charge in [-0.1, -0.05) is 142 Å². The minimum atomic E-state index is -2.25. The minimum Gasteiger partial charge on any atom is -0.0654 e. The van der Waals surface area contributed by atoms with Crippen LogP contribution < -0.4 is 0 Å². The first-order valence-corrected chi connectivity index (χ1v) is 24.5. The molecule has 0 N–H and O–H groups in total. The first kappa shape index (κ1) is 48.0. The van der Waals surface area contributed by atoms with Crippen molar-refractivity contribution in [3.05, 3.63) is 0 Å². The van der Waals surface area contributed by atoms with Gasteiger partial charge >= 0.3 is 178 Å². The Morgan fingerprint density at radius 3 is 0.776 bits per heavy atom. The van der Waals surface area contributed by atoms with Gasteiger partial charge in [-0.15, -0.1) is 0 Å². The van der Waals surface area contributed by atoms with Crippen LogP contribution in [-0.4, -0.2) is 37.1 Å². The molecule has 5 heteroatoms. The summed E-state index contributed by atoms with van der Waals surface area (Å²) in [6.07, 6.45) is 47.3. The molecule has 0 saturated carbocycles. The van der Waals surface area contributed by atoms with Gasteiger partial charge in [0.05, 0.1) is 0 Å². The molecule has 0 unspecified atom stereocenters. The van der Waals surface area contributed by atoms with E-state index in [1.165, 1.54) is 193 Å². The van der Waals surface area contributed by atoms with Crippen LogP contribution in [0, 0.1) is 23.7 Å². The third kappa shape index (κ3) is 43.1. The van der Waals surface area contributed by atoms with Gasteiger partial charge in [-0.2, -0.15) is 0 Å². The van der Waals surface area contributed by atoms with Gasteiger partial charge in [0, 0.05) is 0 Å². The molecule has 0 aromatic carbocycles. The Balaban J connectivity index is 3.40. The van der Waals surface area contributed by atoms with E-state index in [0.717, 1.165) is 25.7 Å². The molecule has 0 rings (SSSR count). The summed E-state index contributed by atoms with van der Waals surface area (Å²) in [6, 6.07) is 0. The summed E-state index contributed by atoms with van der Waals surface area (Å²) in [5.41, 5.74) is 0. The summed E-state index contributed by atoms with van der Waals surface area (Å²) in [4.78, 5) is 23.5. The van der Waals surface area contributed by atoms with Crippen molar-refractivity contribution < 1.29 is 15.0 Å². The van der Waals surface area contributed by atoms with Crippen molar-refractivity contribution in [3.63, 3.8) is 0 Å². The fourth-order valence-corrected chi connectivity index (χ4v) is 7.44. The number of rotatable bonds is 36. The van der Waals surface area contributed by atoms with Crippen LogP contribution in [0.1, 0.15) is 245 Å². The molecule has 0 aliphatic rings. The molecular weight excluding hydrogens is 800 g/mol. The van der Waals surface area contributed by atoms with E-state index in [2.05, 4.69) is 37.5 Å². The van der Waals surface area contributed by atoms with Crippen molar-refractivity contribution in [3.8, 4) is 23.7 Å². The zero-order valence-corrected chi connectivity index (χ0v) is 36.5. The van der Waals surface area contributed by atoms with Crippen LogP contribution in [0.3, 0.4) is 0 Å². The molecular formula is C44H78O4Pb. The summed E-state index contributed by atoms with van der Waals surface area (Å²) < 4.78 is 10.1. The molecule has 0 heterocycles. The number of carbonyl (C=O) groups excluding carboxylic acids is 2. The average Bonchev–Trinajstić information content (AvgIpc) is 3.10. The molecule has 0 saturated heterocycles. The third-order valence-corrected chi connectivity index (χ3v) is 11.5. The number of hydrogen-bond donors (Lipinski definition) is 0. The van der Waals surface area contributed by atoms with Crippen LogP contribution >= 0.6 is 0 Å². The van der Waals surface area contributed by atoms with Crippen molar-refractivity contribution in [1.82, 2.24) is 0 Å². The van der Waals surface area contributed by atoms with Crippen LogP contribution in [-0.2, 0) is 15.0 Å². The quantitative estimate of drug-likeness (QED) is 0.0357. The molecule has 0 aromatic rings. The Kier molecular flexibility index (Phi) is 42.3. The molecule has 0 aliphatic heterocycles. The van der Waals surface area contributed by atoms with Crippen LogP contribution in [0.4, 0.5) is 0 Å². The average molecular weight is 878 g/mol. The fraction of sp³-hybridized carbons (Fsp3) is 0.864. The Bertz CT molecular complexity index is 765. The summed E-state index contributed by atoms with van der Waals surface area (Å²) in [7, 11) is 0. The maximum absolute atomic E-state index is 11.8. The van der Waals surface area contributed by atoms with Crippen LogP contribution in [0.5, 0.6) is 0 Å². The van der Waals surface area contributed by atoms with Crippen molar-refractivity contribution in [2.45, 2.75) is 245 Å². The van der Waals surface area contributed by atoms with Gasteiger partial charge in [0.25, 0.3) is 0 Å². The molecule has 2 radical (unpaired) electrons. The normalized spacial score (nSPS) is 10.7. The molecule has 0 spiro atoms. The molecule has 0 fully saturated rings. The molecule has 0 aromatic heterocycles. The number of hydrogen-bond acceptors (Lipinski definition) is 4. The van der Waals surface area contributed by atoms with E-state index in [4.69, 9.17) is 5.37 Å². The Morgan fingerprint density at radius 1 is 0.347 bits per heavy atom. The zero-order chi connectivity index (χ0) is 35.6. The first-order valence-electron chi connectivity index (χ1n) is 21.3. The molecule has 282 valence electrons. The summed E-state index contributed by atoms with van der Waals surface area (Å²) in [5, 5.41) is 0. The van der Waals surface area contributed by atoms with E-state index in [1.807, 2.05) is 0 Å². The van der Waals surface area contributed by atoms with E-state index in [1.54, 1.807) is 0 Å². The monoisotopic (exact) mass is 879 g/mol. The Morgan fingerprint density at radius 2 is 0.551 bits per heavy atom. The SMILES string of the molecule is CCCCCCCCCCCCCCCCCCCC#CC(=O)[O][Pb][O]C(=O)C#CCCCCCCCCCCCCCCCCCCC. The molecule has 0 aliphatic carbocycles. The van der Waals surface area contributed by atoms with E-state index < -0.39 is 37.1 Å². The zero-order valence-electron chi connectivity index (χ0n) is 32.6. The van der Waals surface area contributed by atoms with E-state index in [-0.39, 0.29) is 0 Å². The van der Waals surface area contributed by atoms with Gasteiger partial charge in [-0.3, -0.25) is 0 Å². The second-order valence-electron chi connectivity index (χ2n) is 14.3. The molecule has 0 atom stereocenters. The summed E-state index contributed by atoms with van der Waals surface area (Å²) in [5.74, 6) is 9.72. The second kappa shape index (κ2) is 43.1. The predicted octanol–water partition coefficient (Wildman–Crippen LogP) is 13.7. The smallest absolute Gasteiger partial charge is 0.0654 e. The van der Waals surface area contributed by atoms with Crippen molar-refractivity contribution >= 4 is 37.1 Å². The van der Waals surface area contributed by atoms with Crippen molar-refractivity contribution in [2.24, 2.45) is 0 Å². The third-order valence-electron chi connectivity index (χ3n) is 9.46. The van der Waals surface area contributed by atoms with Gasteiger partial charge in [0.1, 0.15) is 0 Å². The minimum absolute atomic E-state index is 0.570. The fourth-order valence-electron chi connectivity index (χ4n) is 6.29. The van der Waals surface area contributed by atoms with Crippen molar-refractivity contribution in [2.75, 3.05) is 0 Å². The van der Waals surface area contributed by atoms with Gasteiger partial charge in [0.15, 0.2) is 0 Å². The topological polar surface area (TPSA) is 52.6 Å². The van der Waals surface area contributed by atoms with Crippen molar-refractivity contribution in [1.29, 1.82) is 0 Å². The van der Waals surface area contributed by atoms with Crippen LogP contribution in [0.25, 0.3) is 0 Å². The van der Waals surface area contributed by atoms with Gasteiger partial charge in [-0.25, -0.2) is 0 Å². The standard InChI is InChI=1S/2C22H40O2.Pb/c2*1-2-3-4-5-6-7-8-9-10-11-12-13-14-15-16-17-18-19-20-21-22(23)24;/h2*2-19H2,1H3,(H,23,24);/q;;+2/p-2. The van der Waals surface area contributed by atoms with E-state index in [9.17, 15) is 9.59 Å². The Hall–Kier alpha value is -1.02. The van der Waals surface area contributed by atoms with Gasteiger partial charge in [0.2, 0.25) is 0 Å². The molecule has 49 heavy (non-hydrogen) atoms. The van der Waals surface area contributed by atoms with Gasteiger partial charge in [-0.05, 0) is 0 Å². The number of carbonyl (C=O) groups is 2. The second-order valence-corrected chi connectivity index (χ2v) is 16.5.